The molecular weight excluding hydrogens is 257 g/mol. The van der Waals surface area contributed by atoms with E-state index in [1.54, 1.807) is 18.2 Å². The van der Waals surface area contributed by atoms with Gasteiger partial charge in [0.15, 0.2) is 5.82 Å². The molecule has 0 aliphatic carbocycles. The van der Waals surface area contributed by atoms with E-state index in [4.69, 9.17) is 5.73 Å². The number of nitrogen functional groups attached to an aromatic ring is 1. The highest BCUT2D eigenvalue weighted by Crippen LogP contribution is 2.22. The fraction of sp³-hybridized carbons (Fsp3) is 0.357. The number of hydrogen-bond donors (Lipinski definition) is 1. The van der Waals surface area contributed by atoms with Crippen molar-refractivity contribution in [1.82, 2.24) is 15.0 Å². The Hall–Kier alpha value is -2.24. The third-order valence-corrected chi connectivity index (χ3v) is 3.39. The van der Waals surface area contributed by atoms with Gasteiger partial charge in [-0.3, -0.25) is 0 Å². The van der Waals surface area contributed by atoms with Gasteiger partial charge in [0.2, 0.25) is 11.9 Å². The molecule has 0 unspecified atom stereocenters. The Morgan fingerprint density at radius 1 is 1.00 bits per heavy atom. The number of anilines is 2. The molecule has 0 bridgehead atoms. The molecular formula is C14H16FN5. The van der Waals surface area contributed by atoms with E-state index >= 15 is 0 Å². The Balaban J connectivity index is 2.00. The number of nitrogens with two attached hydrogens (primary N) is 1. The van der Waals surface area contributed by atoms with Crippen molar-refractivity contribution in [2.75, 3.05) is 23.7 Å². The summed E-state index contributed by atoms with van der Waals surface area (Å²) in [4.78, 5) is 14.7. The zero-order valence-corrected chi connectivity index (χ0v) is 11.1. The second kappa shape index (κ2) is 5.40. The molecule has 3 rings (SSSR count). The van der Waals surface area contributed by atoms with Crippen molar-refractivity contribution < 1.29 is 4.39 Å². The van der Waals surface area contributed by atoms with Crippen molar-refractivity contribution in [3.05, 3.63) is 30.1 Å². The van der Waals surface area contributed by atoms with E-state index in [1.165, 1.54) is 12.5 Å². The maximum atomic E-state index is 13.8. The normalized spacial score (nSPS) is 15.3. The zero-order valence-electron chi connectivity index (χ0n) is 11.1. The number of halogens is 1. The van der Waals surface area contributed by atoms with Gasteiger partial charge in [0.1, 0.15) is 5.82 Å². The minimum Gasteiger partial charge on any atom is -0.368 e. The molecule has 2 heterocycles. The lowest BCUT2D eigenvalue weighted by atomic mass is 10.1. The lowest BCUT2D eigenvalue weighted by Gasteiger charge is -2.26. The van der Waals surface area contributed by atoms with Gasteiger partial charge in [-0.2, -0.15) is 15.0 Å². The molecule has 104 valence electrons. The first-order chi connectivity index (χ1) is 9.74. The summed E-state index contributed by atoms with van der Waals surface area (Å²) in [5, 5.41) is 0. The van der Waals surface area contributed by atoms with Crippen molar-refractivity contribution in [3.8, 4) is 11.4 Å². The number of rotatable bonds is 2. The topological polar surface area (TPSA) is 67.9 Å². The third-order valence-electron chi connectivity index (χ3n) is 3.39. The van der Waals surface area contributed by atoms with E-state index < -0.39 is 0 Å². The van der Waals surface area contributed by atoms with E-state index in [9.17, 15) is 4.39 Å². The summed E-state index contributed by atoms with van der Waals surface area (Å²) < 4.78 is 13.8. The SMILES string of the molecule is Nc1nc(-c2ccccc2F)nc(N2CCCCC2)n1. The lowest BCUT2D eigenvalue weighted by molar-refractivity contribution is 0.567. The van der Waals surface area contributed by atoms with E-state index in [1.807, 2.05) is 0 Å². The van der Waals surface area contributed by atoms with Crippen LogP contribution in [-0.4, -0.2) is 28.0 Å². The van der Waals surface area contributed by atoms with Gasteiger partial charge in [-0.25, -0.2) is 4.39 Å². The largest absolute Gasteiger partial charge is 0.368 e. The van der Waals surface area contributed by atoms with Crippen molar-refractivity contribution in [2.24, 2.45) is 0 Å². The van der Waals surface area contributed by atoms with Gasteiger partial charge in [-0.05, 0) is 31.4 Å². The summed E-state index contributed by atoms with van der Waals surface area (Å²) in [5.41, 5.74) is 6.09. The molecule has 1 aromatic carbocycles. The van der Waals surface area contributed by atoms with Gasteiger partial charge in [0.25, 0.3) is 0 Å². The van der Waals surface area contributed by atoms with Crippen LogP contribution in [0.5, 0.6) is 0 Å². The van der Waals surface area contributed by atoms with Crippen molar-refractivity contribution >= 4 is 11.9 Å². The molecule has 6 heteroatoms. The summed E-state index contributed by atoms with van der Waals surface area (Å²) in [7, 11) is 0. The molecule has 1 aromatic heterocycles. The first-order valence-corrected chi connectivity index (χ1v) is 6.75. The zero-order chi connectivity index (χ0) is 13.9. The molecule has 2 N–H and O–H groups in total. The number of hydrogen-bond acceptors (Lipinski definition) is 5. The van der Waals surface area contributed by atoms with Crippen LogP contribution < -0.4 is 10.6 Å². The standard InChI is InChI=1S/C14H16FN5/c15-11-7-3-2-6-10(11)12-17-13(16)19-14(18-12)20-8-4-1-5-9-20/h2-3,6-7H,1,4-5,8-9H2,(H2,16,17,18,19). The molecule has 1 saturated heterocycles. The highest BCUT2D eigenvalue weighted by Gasteiger charge is 2.17. The first kappa shape index (κ1) is 12.8. The third kappa shape index (κ3) is 2.54. The van der Waals surface area contributed by atoms with E-state index in [-0.39, 0.29) is 17.6 Å². The van der Waals surface area contributed by atoms with Gasteiger partial charge >= 0.3 is 0 Å². The van der Waals surface area contributed by atoms with Crippen LogP contribution in [0.1, 0.15) is 19.3 Å². The van der Waals surface area contributed by atoms with Crippen LogP contribution in [0.15, 0.2) is 24.3 Å². The average Bonchev–Trinajstić information content (AvgIpc) is 2.48. The maximum absolute atomic E-state index is 13.8. The molecule has 1 aliphatic rings. The Morgan fingerprint density at radius 3 is 2.50 bits per heavy atom. The summed E-state index contributed by atoms with van der Waals surface area (Å²) >= 11 is 0. The fourth-order valence-electron chi connectivity index (χ4n) is 2.38. The lowest BCUT2D eigenvalue weighted by Crippen LogP contribution is -2.31. The maximum Gasteiger partial charge on any atom is 0.230 e. The second-order valence-electron chi connectivity index (χ2n) is 4.84. The molecule has 2 aromatic rings. The van der Waals surface area contributed by atoms with Gasteiger partial charge in [-0.1, -0.05) is 12.1 Å². The monoisotopic (exact) mass is 273 g/mol. The summed E-state index contributed by atoms with van der Waals surface area (Å²) in [6, 6.07) is 6.41. The van der Waals surface area contributed by atoms with Gasteiger partial charge in [-0.15, -0.1) is 0 Å². The predicted molar refractivity (Wildman–Crippen MR) is 75.7 cm³/mol. The van der Waals surface area contributed by atoms with Crippen LogP contribution in [0.2, 0.25) is 0 Å². The van der Waals surface area contributed by atoms with Gasteiger partial charge in [0, 0.05) is 13.1 Å². The highest BCUT2D eigenvalue weighted by atomic mass is 19.1. The average molecular weight is 273 g/mol. The number of piperidine rings is 1. The minimum absolute atomic E-state index is 0.124. The fourth-order valence-corrected chi connectivity index (χ4v) is 2.38. The second-order valence-corrected chi connectivity index (χ2v) is 4.84. The van der Waals surface area contributed by atoms with Crippen molar-refractivity contribution in [3.63, 3.8) is 0 Å². The molecule has 1 fully saturated rings. The van der Waals surface area contributed by atoms with Crippen LogP contribution >= 0.6 is 0 Å². The first-order valence-electron chi connectivity index (χ1n) is 6.75. The predicted octanol–water partition coefficient (Wildman–Crippen LogP) is 2.25. The Kier molecular flexibility index (Phi) is 3.45. The van der Waals surface area contributed by atoms with Crippen LogP contribution in [0.25, 0.3) is 11.4 Å². The quantitative estimate of drug-likeness (QED) is 0.909. The van der Waals surface area contributed by atoms with Crippen molar-refractivity contribution in [2.45, 2.75) is 19.3 Å². The summed E-state index contributed by atoms with van der Waals surface area (Å²) in [5.74, 6) is 0.591. The van der Waals surface area contributed by atoms with Crippen LogP contribution in [0.3, 0.4) is 0 Å². The van der Waals surface area contributed by atoms with E-state index in [2.05, 4.69) is 19.9 Å². The van der Waals surface area contributed by atoms with E-state index in [0.717, 1.165) is 25.9 Å². The summed E-state index contributed by atoms with van der Waals surface area (Å²) in [6.45, 7) is 1.81. The molecule has 0 atom stereocenters. The Morgan fingerprint density at radius 2 is 1.75 bits per heavy atom. The molecule has 5 nitrogen and oxygen atoms in total. The van der Waals surface area contributed by atoms with Crippen LogP contribution in [0.4, 0.5) is 16.3 Å². The minimum atomic E-state index is -0.359. The Bertz CT molecular complexity index is 610. The van der Waals surface area contributed by atoms with Crippen LogP contribution in [-0.2, 0) is 0 Å². The molecule has 0 saturated carbocycles. The van der Waals surface area contributed by atoms with Gasteiger partial charge in [0.05, 0.1) is 5.56 Å². The molecule has 0 radical (unpaired) electrons. The van der Waals surface area contributed by atoms with E-state index in [0.29, 0.717) is 11.5 Å². The molecule has 0 amide bonds. The van der Waals surface area contributed by atoms with Crippen LogP contribution in [0, 0.1) is 5.82 Å². The van der Waals surface area contributed by atoms with Gasteiger partial charge < -0.3 is 10.6 Å². The highest BCUT2D eigenvalue weighted by molar-refractivity contribution is 5.58. The molecule has 20 heavy (non-hydrogen) atoms. The number of aromatic nitrogens is 3. The van der Waals surface area contributed by atoms with Crippen molar-refractivity contribution in [1.29, 1.82) is 0 Å². The summed E-state index contributed by atoms with van der Waals surface area (Å²) in [6.07, 6.45) is 3.44. The number of nitrogens with zero attached hydrogens (tertiary/aromatic N) is 4. The molecule has 1 aliphatic heterocycles. The molecule has 0 spiro atoms. The Labute approximate surface area is 116 Å². The number of benzene rings is 1. The smallest absolute Gasteiger partial charge is 0.230 e.